The predicted octanol–water partition coefficient (Wildman–Crippen LogP) is 3.64. The van der Waals surface area contributed by atoms with E-state index in [1.165, 1.54) is 0 Å². The molecular formula is C17H19N3OS. The number of rotatable bonds is 5. The van der Waals surface area contributed by atoms with E-state index in [-0.39, 0.29) is 5.91 Å². The Balaban J connectivity index is 2.06. The van der Waals surface area contributed by atoms with Crippen molar-refractivity contribution in [1.29, 1.82) is 0 Å². The number of para-hydroxylation sites is 2. The lowest BCUT2D eigenvalue weighted by Gasteiger charge is -2.14. The Hall–Kier alpha value is -2.40. The molecule has 0 atom stereocenters. The Bertz CT molecular complexity index is 643. The van der Waals surface area contributed by atoms with Gasteiger partial charge in [-0.1, -0.05) is 37.3 Å². The van der Waals surface area contributed by atoms with Crippen molar-refractivity contribution in [1.82, 2.24) is 5.32 Å². The fourth-order valence-corrected chi connectivity index (χ4v) is 2.16. The zero-order valence-electron chi connectivity index (χ0n) is 12.4. The maximum atomic E-state index is 12.1. The van der Waals surface area contributed by atoms with Gasteiger partial charge in [0, 0.05) is 12.2 Å². The fourth-order valence-electron chi connectivity index (χ4n) is 1.93. The number of thiocarbonyl (C=S) groups is 1. The first-order valence-electron chi connectivity index (χ1n) is 7.21. The minimum atomic E-state index is -0.104. The lowest BCUT2D eigenvalue weighted by Crippen LogP contribution is -2.26. The number of benzene rings is 2. The van der Waals surface area contributed by atoms with E-state index in [2.05, 4.69) is 16.0 Å². The van der Waals surface area contributed by atoms with Crippen molar-refractivity contribution >= 4 is 34.6 Å². The van der Waals surface area contributed by atoms with E-state index in [1.807, 2.05) is 55.5 Å². The molecule has 114 valence electrons. The minimum absolute atomic E-state index is 0.104. The van der Waals surface area contributed by atoms with Crippen LogP contribution in [0.1, 0.15) is 23.7 Å². The summed E-state index contributed by atoms with van der Waals surface area (Å²) >= 11 is 5.30. The van der Waals surface area contributed by atoms with E-state index in [4.69, 9.17) is 12.2 Å². The molecule has 0 aromatic heterocycles. The summed E-state index contributed by atoms with van der Waals surface area (Å²) in [6.07, 6.45) is 0.898. The summed E-state index contributed by atoms with van der Waals surface area (Å²) in [7, 11) is 0. The second-order valence-electron chi connectivity index (χ2n) is 4.75. The Kier molecular flexibility index (Phi) is 5.91. The van der Waals surface area contributed by atoms with Crippen LogP contribution in [-0.2, 0) is 0 Å². The molecule has 2 aromatic rings. The van der Waals surface area contributed by atoms with Gasteiger partial charge < -0.3 is 16.0 Å². The molecule has 3 N–H and O–H groups in total. The molecule has 0 spiro atoms. The van der Waals surface area contributed by atoms with Crippen LogP contribution in [-0.4, -0.2) is 17.6 Å². The highest BCUT2D eigenvalue weighted by Crippen LogP contribution is 2.16. The van der Waals surface area contributed by atoms with E-state index in [0.29, 0.717) is 22.9 Å². The highest BCUT2D eigenvalue weighted by molar-refractivity contribution is 7.80. The lowest BCUT2D eigenvalue weighted by atomic mass is 10.1. The molecule has 5 heteroatoms. The largest absolute Gasteiger partial charge is 0.352 e. The van der Waals surface area contributed by atoms with Crippen LogP contribution < -0.4 is 16.0 Å². The molecule has 0 unspecified atom stereocenters. The SMILES string of the molecule is CCCNC(=O)c1ccccc1NC(=S)Nc1ccccc1. The molecule has 4 nitrogen and oxygen atoms in total. The quantitative estimate of drug-likeness (QED) is 0.738. The third kappa shape index (κ3) is 4.56. The molecule has 0 fully saturated rings. The fraction of sp³-hybridized carbons (Fsp3) is 0.176. The summed E-state index contributed by atoms with van der Waals surface area (Å²) in [6, 6.07) is 17.0. The molecule has 0 saturated heterocycles. The smallest absolute Gasteiger partial charge is 0.253 e. The van der Waals surface area contributed by atoms with Gasteiger partial charge in [-0.3, -0.25) is 4.79 Å². The second kappa shape index (κ2) is 8.14. The number of carbonyl (C=O) groups is 1. The van der Waals surface area contributed by atoms with Gasteiger partial charge in [0.25, 0.3) is 5.91 Å². The molecule has 0 aliphatic carbocycles. The highest BCUT2D eigenvalue weighted by Gasteiger charge is 2.11. The first-order chi connectivity index (χ1) is 10.7. The van der Waals surface area contributed by atoms with Gasteiger partial charge in [0.2, 0.25) is 0 Å². The summed E-state index contributed by atoms with van der Waals surface area (Å²) in [4.78, 5) is 12.1. The molecule has 2 rings (SSSR count). The van der Waals surface area contributed by atoms with Gasteiger partial charge in [-0.05, 0) is 42.9 Å². The van der Waals surface area contributed by atoms with Gasteiger partial charge >= 0.3 is 0 Å². The Morgan fingerprint density at radius 1 is 1.00 bits per heavy atom. The van der Waals surface area contributed by atoms with Crippen molar-refractivity contribution in [3.8, 4) is 0 Å². The molecule has 0 bridgehead atoms. The normalized spacial score (nSPS) is 9.86. The summed E-state index contributed by atoms with van der Waals surface area (Å²) in [6.45, 7) is 2.67. The van der Waals surface area contributed by atoms with Gasteiger partial charge in [-0.15, -0.1) is 0 Å². The van der Waals surface area contributed by atoms with Crippen molar-refractivity contribution < 1.29 is 4.79 Å². The first-order valence-corrected chi connectivity index (χ1v) is 7.62. The Morgan fingerprint density at radius 2 is 1.68 bits per heavy atom. The molecule has 0 radical (unpaired) electrons. The van der Waals surface area contributed by atoms with E-state index in [0.717, 1.165) is 12.1 Å². The molecule has 1 amide bonds. The van der Waals surface area contributed by atoms with Crippen molar-refractivity contribution in [3.63, 3.8) is 0 Å². The molecule has 2 aromatic carbocycles. The number of amides is 1. The zero-order valence-corrected chi connectivity index (χ0v) is 13.2. The van der Waals surface area contributed by atoms with Crippen LogP contribution in [0.5, 0.6) is 0 Å². The van der Waals surface area contributed by atoms with Gasteiger partial charge in [0.05, 0.1) is 11.3 Å². The summed E-state index contributed by atoms with van der Waals surface area (Å²) in [5.74, 6) is -0.104. The molecule has 0 heterocycles. The molecule has 0 aliphatic rings. The standard InChI is InChI=1S/C17H19N3OS/c1-2-12-18-16(21)14-10-6-7-11-15(14)20-17(22)19-13-8-4-3-5-9-13/h3-11H,2,12H2,1H3,(H,18,21)(H2,19,20,22). The topological polar surface area (TPSA) is 53.2 Å². The first kappa shape index (κ1) is 16.0. The van der Waals surface area contributed by atoms with E-state index < -0.39 is 0 Å². The Morgan fingerprint density at radius 3 is 2.41 bits per heavy atom. The summed E-state index contributed by atoms with van der Waals surface area (Å²) < 4.78 is 0. The number of anilines is 2. The van der Waals surface area contributed by atoms with E-state index in [9.17, 15) is 4.79 Å². The number of carbonyl (C=O) groups excluding carboxylic acids is 1. The zero-order chi connectivity index (χ0) is 15.8. The third-order valence-electron chi connectivity index (χ3n) is 2.99. The summed E-state index contributed by atoms with van der Waals surface area (Å²) in [5, 5.41) is 9.48. The number of hydrogen-bond acceptors (Lipinski definition) is 2. The van der Waals surface area contributed by atoms with Gasteiger partial charge in [0.1, 0.15) is 0 Å². The maximum Gasteiger partial charge on any atom is 0.253 e. The average Bonchev–Trinajstić information content (AvgIpc) is 2.54. The molecule has 0 saturated carbocycles. The molecule has 0 aliphatic heterocycles. The summed E-state index contributed by atoms with van der Waals surface area (Å²) in [5.41, 5.74) is 2.16. The highest BCUT2D eigenvalue weighted by atomic mass is 32.1. The third-order valence-corrected chi connectivity index (χ3v) is 3.19. The molecular weight excluding hydrogens is 294 g/mol. The predicted molar refractivity (Wildman–Crippen MR) is 95.4 cm³/mol. The average molecular weight is 313 g/mol. The van der Waals surface area contributed by atoms with Crippen molar-refractivity contribution in [3.05, 3.63) is 60.2 Å². The van der Waals surface area contributed by atoms with E-state index in [1.54, 1.807) is 6.07 Å². The van der Waals surface area contributed by atoms with Crippen LogP contribution in [0.25, 0.3) is 0 Å². The van der Waals surface area contributed by atoms with Crippen LogP contribution in [0.3, 0.4) is 0 Å². The van der Waals surface area contributed by atoms with Crippen LogP contribution in [0.15, 0.2) is 54.6 Å². The number of hydrogen-bond donors (Lipinski definition) is 3. The van der Waals surface area contributed by atoms with Gasteiger partial charge in [0.15, 0.2) is 5.11 Å². The second-order valence-corrected chi connectivity index (χ2v) is 5.15. The monoisotopic (exact) mass is 313 g/mol. The van der Waals surface area contributed by atoms with Crippen LogP contribution >= 0.6 is 12.2 Å². The van der Waals surface area contributed by atoms with Crippen molar-refractivity contribution in [2.24, 2.45) is 0 Å². The lowest BCUT2D eigenvalue weighted by molar-refractivity contribution is 0.0954. The van der Waals surface area contributed by atoms with Crippen molar-refractivity contribution in [2.75, 3.05) is 17.2 Å². The van der Waals surface area contributed by atoms with E-state index >= 15 is 0 Å². The van der Waals surface area contributed by atoms with Gasteiger partial charge in [-0.2, -0.15) is 0 Å². The molecule has 22 heavy (non-hydrogen) atoms. The minimum Gasteiger partial charge on any atom is -0.352 e. The van der Waals surface area contributed by atoms with Crippen LogP contribution in [0, 0.1) is 0 Å². The number of nitrogens with one attached hydrogen (secondary N) is 3. The van der Waals surface area contributed by atoms with Crippen LogP contribution in [0.4, 0.5) is 11.4 Å². The van der Waals surface area contributed by atoms with Gasteiger partial charge in [-0.25, -0.2) is 0 Å². The Labute approximate surface area is 135 Å². The van der Waals surface area contributed by atoms with Crippen LogP contribution in [0.2, 0.25) is 0 Å². The van der Waals surface area contributed by atoms with Crippen molar-refractivity contribution in [2.45, 2.75) is 13.3 Å². The maximum absolute atomic E-state index is 12.1.